The molecule has 2 aromatic carbocycles. The van der Waals surface area contributed by atoms with Gasteiger partial charge in [0.2, 0.25) is 5.71 Å². The van der Waals surface area contributed by atoms with Crippen LogP contribution in [0.4, 0.5) is 0 Å². The van der Waals surface area contributed by atoms with Gasteiger partial charge in [-0.3, -0.25) is 0 Å². The fraction of sp³-hybridized carbons (Fsp3) is 0.300. The number of benzene rings is 2. The fourth-order valence-electron chi connectivity index (χ4n) is 3.87. The Morgan fingerprint density at radius 1 is 0.958 bits per heavy atom. The van der Waals surface area contributed by atoms with Crippen LogP contribution in [0.3, 0.4) is 0 Å². The van der Waals surface area contributed by atoms with Gasteiger partial charge in [-0.05, 0) is 28.4 Å². The standard InChI is InChI=1S/C20H22N2OSi/c1-24(2,3)13-14-12-19(23)21-22(14)20-17-10-6-4-8-15(17)16-9-5-7-11-18(16)20/h4-11,14H,12-13H2,1-3H3. The topological polar surface area (TPSA) is 38.4 Å². The van der Waals surface area contributed by atoms with Crippen molar-refractivity contribution in [1.29, 1.82) is 0 Å². The largest absolute Gasteiger partial charge is 0.857 e. The summed E-state index contributed by atoms with van der Waals surface area (Å²) in [5.41, 5.74) is 5.97. The summed E-state index contributed by atoms with van der Waals surface area (Å²) in [5, 5.41) is 16.5. The van der Waals surface area contributed by atoms with Gasteiger partial charge in [-0.1, -0.05) is 60.7 Å². The second-order valence-electron chi connectivity index (χ2n) is 7.90. The van der Waals surface area contributed by atoms with E-state index in [1.54, 1.807) is 0 Å². The first-order valence-corrected chi connectivity index (χ1v) is 12.2. The highest BCUT2D eigenvalue weighted by atomic mass is 28.3. The summed E-state index contributed by atoms with van der Waals surface area (Å²) in [6, 6.07) is 18.2. The lowest BCUT2D eigenvalue weighted by Gasteiger charge is -2.18. The summed E-state index contributed by atoms with van der Waals surface area (Å²) in [4.78, 5) is 0. The van der Waals surface area contributed by atoms with Gasteiger partial charge in [-0.15, -0.1) is 0 Å². The Labute approximate surface area is 144 Å². The van der Waals surface area contributed by atoms with Crippen LogP contribution < -0.4 is 5.11 Å². The van der Waals surface area contributed by atoms with Gasteiger partial charge in [-0.25, -0.2) is 0 Å². The first-order valence-electron chi connectivity index (χ1n) is 8.54. The summed E-state index contributed by atoms with van der Waals surface area (Å²) in [6.45, 7) is 7.07. The zero-order valence-corrected chi connectivity index (χ0v) is 15.4. The third-order valence-electron chi connectivity index (χ3n) is 4.71. The summed E-state index contributed by atoms with van der Waals surface area (Å²) in [6.07, 6.45) is 0.540. The SMILES string of the molecule is C[Si](C)(C)CC1CC([O-])=N[N+]1=C1c2ccccc2-c2ccccc21. The van der Waals surface area contributed by atoms with Crippen molar-refractivity contribution in [3.63, 3.8) is 0 Å². The zero-order valence-electron chi connectivity index (χ0n) is 14.4. The molecule has 0 bridgehead atoms. The predicted molar refractivity (Wildman–Crippen MR) is 99.3 cm³/mol. The van der Waals surface area contributed by atoms with Gasteiger partial charge in [-0.2, -0.15) is 0 Å². The molecule has 0 fully saturated rings. The maximum atomic E-state index is 12.1. The minimum Gasteiger partial charge on any atom is -0.857 e. The lowest BCUT2D eigenvalue weighted by atomic mass is 10.1. The third-order valence-corrected chi connectivity index (χ3v) is 6.40. The van der Waals surface area contributed by atoms with Crippen molar-refractivity contribution in [3.05, 3.63) is 59.7 Å². The molecule has 1 aliphatic carbocycles. The molecule has 4 heteroatoms. The van der Waals surface area contributed by atoms with E-state index in [4.69, 9.17) is 0 Å². The molecule has 4 rings (SSSR count). The van der Waals surface area contributed by atoms with Crippen molar-refractivity contribution in [2.45, 2.75) is 38.1 Å². The number of hydrogen-bond acceptors (Lipinski definition) is 2. The van der Waals surface area contributed by atoms with E-state index in [1.807, 2.05) is 4.68 Å². The van der Waals surface area contributed by atoms with Crippen LogP contribution in [-0.2, 0) is 0 Å². The molecule has 3 nitrogen and oxygen atoms in total. The monoisotopic (exact) mass is 334 g/mol. The van der Waals surface area contributed by atoms with Gasteiger partial charge in [0, 0.05) is 18.4 Å². The van der Waals surface area contributed by atoms with E-state index in [0.717, 1.165) is 11.8 Å². The molecule has 0 radical (unpaired) electrons. The van der Waals surface area contributed by atoms with E-state index >= 15 is 0 Å². The van der Waals surface area contributed by atoms with E-state index in [1.165, 1.54) is 22.3 Å². The minimum absolute atomic E-state index is 0.00705. The molecule has 0 aromatic heterocycles. The molecule has 1 unspecified atom stereocenters. The Hall–Kier alpha value is -2.20. The van der Waals surface area contributed by atoms with Crippen LogP contribution >= 0.6 is 0 Å². The summed E-state index contributed by atoms with van der Waals surface area (Å²) in [5.74, 6) is 0.00705. The number of hydrazone groups is 1. The van der Waals surface area contributed by atoms with Gasteiger partial charge >= 0.3 is 0 Å². The van der Waals surface area contributed by atoms with Crippen LogP contribution in [0.2, 0.25) is 25.7 Å². The fourth-order valence-corrected chi connectivity index (χ4v) is 5.60. The lowest BCUT2D eigenvalue weighted by molar-refractivity contribution is -0.557. The highest BCUT2D eigenvalue weighted by Crippen LogP contribution is 2.37. The number of hydrogen-bond donors (Lipinski definition) is 0. The summed E-state index contributed by atoms with van der Waals surface area (Å²) < 4.78 is 2.03. The van der Waals surface area contributed by atoms with Gasteiger partial charge < -0.3 is 5.11 Å². The molecule has 1 atom stereocenters. The Morgan fingerprint density at radius 3 is 1.96 bits per heavy atom. The van der Waals surface area contributed by atoms with Gasteiger partial charge in [0.05, 0.1) is 19.2 Å². The van der Waals surface area contributed by atoms with Crippen molar-refractivity contribution >= 4 is 19.7 Å². The van der Waals surface area contributed by atoms with Gasteiger partial charge in [0.1, 0.15) is 0 Å². The van der Waals surface area contributed by atoms with E-state index in [2.05, 4.69) is 73.3 Å². The molecule has 0 spiro atoms. The second kappa shape index (κ2) is 5.41. The molecule has 24 heavy (non-hydrogen) atoms. The third kappa shape index (κ3) is 2.51. The molecule has 2 aromatic rings. The maximum absolute atomic E-state index is 12.1. The molecule has 0 saturated carbocycles. The molecule has 0 N–H and O–H groups in total. The van der Waals surface area contributed by atoms with Crippen LogP contribution in [0.1, 0.15) is 17.5 Å². The zero-order chi connectivity index (χ0) is 16.9. The van der Waals surface area contributed by atoms with Crippen molar-refractivity contribution in [2.24, 2.45) is 5.10 Å². The van der Waals surface area contributed by atoms with E-state index in [9.17, 15) is 5.11 Å². The van der Waals surface area contributed by atoms with E-state index < -0.39 is 8.07 Å². The Morgan fingerprint density at radius 2 is 1.46 bits per heavy atom. The molecule has 1 aliphatic heterocycles. The van der Waals surface area contributed by atoms with Gasteiger partial charge in [0.15, 0.2) is 6.04 Å². The molecular weight excluding hydrogens is 312 g/mol. The molecule has 0 saturated heterocycles. The van der Waals surface area contributed by atoms with Crippen molar-refractivity contribution in [1.82, 2.24) is 0 Å². The normalized spacial score (nSPS) is 19.3. The highest BCUT2D eigenvalue weighted by molar-refractivity contribution is 6.76. The Bertz CT molecular complexity index is 830. The van der Waals surface area contributed by atoms with Crippen LogP contribution in [0.5, 0.6) is 0 Å². The van der Waals surface area contributed by atoms with Crippen molar-refractivity contribution < 1.29 is 9.79 Å². The number of fused-ring (bicyclic) bond motifs is 3. The van der Waals surface area contributed by atoms with Crippen molar-refractivity contribution in [3.8, 4) is 11.1 Å². The molecule has 2 aliphatic rings. The first-order chi connectivity index (χ1) is 11.4. The second-order valence-corrected chi connectivity index (χ2v) is 13.4. The summed E-state index contributed by atoms with van der Waals surface area (Å²) in [7, 11) is -1.30. The minimum atomic E-state index is -1.30. The van der Waals surface area contributed by atoms with Crippen LogP contribution in [0.25, 0.3) is 11.1 Å². The Kier molecular flexibility index (Phi) is 3.46. The lowest BCUT2D eigenvalue weighted by Crippen LogP contribution is -2.33. The molecular formula is C20H22N2OSi. The predicted octanol–water partition coefficient (Wildman–Crippen LogP) is 3.30. The van der Waals surface area contributed by atoms with Crippen molar-refractivity contribution in [2.75, 3.05) is 0 Å². The molecule has 0 amide bonds. The highest BCUT2D eigenvalue weighted by Gasteiger charge is 2.40. The molecule has 1 heterocycles. The quantitative estimate of drug-likeness (QED) is 0.523. The van der Waals surface area contributed by atoms with Crippen LogP contribution in [0, 0.1) is 0 Å². The number of rotatable bonds is 2. The molecule has 122 valence electrons. The van der Waals surface area contributed by atoms with Crippen LogP contribution in [0.15, 0.2) is 53.6 Å². The van der Waals surface area contributed by atoms with E-state index in [0.29, 0.717) is 6.42 Å². The Balaban J connectivity index is 1.95. The smallest absolute Gasteiger partial charge is 0.247 e. The average Bonchev–Trinajstić information content (AvgIpc) is 3.03. The summed E-state index contributed by atoms with van der Waals surface area (Å²) >= 11 is 0. The maximum Gasteiger partial charge on any atom is 0.247 e. The number of nitrogens with zero attached hydrogens (tertiary/aromatic N) is 2. The van der Waals surface area contributed by atoms with Gasteiger partial charge in [0.25, 0.3) is 0 Å². The van der Waals surface area contributed by atoms with E-state index in [-0.39, 0.29) is 11.9 Å². The first kappa shape index (κ1) is 15.3. The van der Waals surface area contributed by atoms with Crippen LogP contribution in [-0.4, -0.2) is 30.4 Å². The average molecular weight is 334 g/mol.